The highest BCUT2D eigenvalue weighted by molar-refractivity contribution is 8.18. The lowest BCUT2D eigenvalue weighted by Crippen LogP contribution is -2.19. The average molecular weight is 402 g/mol. The molecule has 1 saturated heterocycles. The molecular weight excluding hydrogens is 378 g/mol. The summed E-state index contributed by atoms with van der Waals surface area (Å²) in [6.07, 6.45) is 1.95. The normalized spacial score (nSPS) is 16.6. The number of hydrogen-bond acceptors (Lipinski definition) is 3. The molecule has 0 atom stereocenters. The zero-order chi connectivity index (χ0) is 20.5. The molecule has 29 heavy (non-hydrogen) atoms. The monoisotopic (exact) mass is 401 g/mol. The SMILES string of the molecule is Cc1cccc(N=C2NC(=O)/C(=C/c3cc(C)n(-c4ccccc4)c3C)S2)c1C. The summed E-state index contributed by atoms with van der Waals surface area (Å²) in [5.74, 6) is -0.108. The largest absolute Gasteiger partial charge is 0.318 e. The first-order chi connectivity index (χ1) is 13.9. The zero-order valence-electron chi connectivity index (χ0n) is 17.0. The first-order valence-corrected chi connectivity index (χ1v) is 10.4. The maximum atomic E-state index is 12.5. The van der Waals surface area contributed by atoms with Gasteiger partial charge in [-0.05, 0) is 86.5 Å². The zero-order valence-corrected chi connectivity index (χ0v) is 17.8. The first kappa shape index (κ1) is 19.3. The number of rotatable bonds is 3. The maximum Gasteiger partial charge on any atom is 0.264 e. The fraction of sp³-hybridized carbons (Fsp3) is 0.167. The fourth-order valence-electron chi connectivity index (χ4n) is 3.50. The summed E-state index contributed by atoms with van der Waals surface area (Å²) in [4.78, 5) is 17.8. The summed E-state index contributed by atoms with van der Waals surface area (Å²) in [6, 6.07) is 18.4. The quantitative estimate of drug-likeness (QED) is 0.581. The third kappa shape index (κ3) is 3.78. The van der Waals surface area contributed by atoms with Gasteiger partial charge in [-0.1, -0.05) is 30.3 Å². The van der Waals surface area contributed by atoms with Crippen molar-refractivity contribution in [3.8, 4) is 5.69 Å². The van der Waals surface area contributed by atoms with E-state index in [9.17, 15) is 4.79 Å². The number of nitrogens with one attached hydrogen (secondary N) is 1. The summed E-state index contributed by atoms with van der Waals surface area (Å²) in [5.41, 5.74) is 7.59. The molecule has 1 amide bonds. The number of carbonyl (C=O) groups excluding carboxylic acids is 1. The van der Waals surface area contributed by atoms with Crippen LogP contribution in [0.25, 0.3) is 11.8 Å². The number of benzene rings is 2. The van der Waals surface area contributed by atoms with Crippen molar-refractivity contribution in [1.82, 2.24) is 9.88 Å². The Hall–Kier alpha value is -3.05. The molecule has 3 aromatic rings. The summed E-state index contributed by atoms with van der Waals surface area (Å²) in [7, 11) is 0. The minimum atomic E-state index is -0.108. The summed E-state index contributed by atoms with van der Waals surface area (Å²) in [5, 5.41) is 3.51. The molecule has 5 heteroatoms. The second kappa shape index (κ2) is 7.76. The van der Waals surface area contributed by atoms with Crippen molar-refractivity contribution in [2.45, 2.75) is 27.7 Å². The number of nitrogens with zero attached hydrogens (tertiary/aromatic N) is 2. The average Bonchev–Trinajstić information content (AvgIpc) is 3.18. The van der Waals surface area contributed by atoms with Crippen LogP contribution in [0, 0.1) is 27.7 Å². The molecule has 0 aliphatic carbocycles. The van der Waals surface area contributed by atoms with Gasteiger partial charge in [0.25, 0.3) is 5.91 Å². The Labute approximate surface area is 175 Å². The highest BCUT2D eigenvalue weighted by Crippen LogP contribution is 2.31. The number of amides is 1. The van der Waals surface area contributed by atoms with Gasteiger partial charge in [-0.2, -0.15) is 0 Å². The molecule has 2 aromatic carbocycles. The van der Waals surface area contributed by atoms with Crippen LogP contribution < -0.4 is 5.32 Å². The Morgan fingerprint density at radius 1 is 1.00 bits per heavy atom. The van der Waals surface area contributed by atoms with Gasteiger partial charge >= 0.3 is 0 Å². The molecule has 1 aliphatic heterocycles. The molecule has 1 aromatic heterocycles. The number of aryl methyl sites for hydroxylation is 2. The molecule has 1 aliphatic rings. The van der Waals surface area contributed by atoms with Gasteiger partial charge in [0.1, 0.15) is 0 Å². The molecule has 4 nitrogen and oxygen atoms in total. The van der Waals surface area contributed by atoms with Crippen molar-refractivity contribution in [1.29, 1.82) is 0 Å². The molecule has 0 radical (unpaired) electrons. The van der Waals surface area contributed by atoms with Crippen LogP contribution in [0.1, 0.15) is 28.1 Å². The predicted octanol–water partition coefficient (Wildman–Crippen LogP) is 5.60. The smallest absolute Gasteiger partial charge is 0.264 e. The van der Waals surface area contributed by atoms with E-state index in [1.54, 1.807) is 0 Å². The number of hydrogen-bond donors (Lipinski definition) is 1. The van der Waals surface area contributed by atoms with Crippen molar-refractivity contribution in [2.24, 2.45) is 4.99 Å². The Balaban J connectivity index is 1.65. The van der Waals surface area contributed by atoms with Crippen LogP contribution >= 0.6 is 11.8 Å². The van der Waals surface area contributed by atoms with E-state index >= 15 is 0 Å². The third-order valence-corrected chi connectivity index (χ3v) is 6.13. The van der Waals surface area contributed by atoms with E-state index in [0.717, 1.165) is 33.9 Å². The molecule has 1 N–H and O–H groups in total. The van der Waals surface area contributed by atoms with E-state index in [1.165, 1.54) is 17.3 Å². The second-order valence-electron chi connectivity index (χ2n) is 7.20. The molecule has 146 valence electrons. The molecule has 2 heterocycles. The summed E-state index contributed by atoms with van der Waals surface area (Å²) in [6.45, 7) is 8.27. The van der Waals surface area contributed by atoms with Gasteiger partial charge in [-0.25, -0.2) is 4.99 Å². The summed E-state index contributed by atoms with van der Waals surface area (Å²) < 4.78 is 2.20. The fourth-order valence-corrected chi connectivity index (χ4v) is 4.32. The molecule has 4 rings (SSSR count). The highest BCUT2D eigenvalue weighted by atomic mass is 32.2. The second-order valence-corrected chi connectivity index (χ2v) is 8.23. The number of aliphatic imine (C=N–C) groups is 1. The molecule has 1 fully saturated rings. The van der Waals surface area contributed by atoms with E-state index in [-0.39, 0.29) is 5.91 Å². The lowest BCUT2D eigenvalue weighted by molar-refractivity contribution is -0.115. The van der Waals surface area contributed by atoms with Gasteiger partial charge in [0.2, 0.25) is 0 Å². The lowest BCUT2D eigenvalue weighted by Gasteiger charge is -2.09. The van der Waals surface area contributed by atoms with Crippen LogP contribution in [0.3, 0.4) is 0 Å². The van der Waals surface area contributed by atoms with Crippen LogP contribution in [-0.4, -0.2) is 15.6 Å². The van der Waals surface area contributed by atoms with Crippen LogP contribution in [0.15, 0.2) is 64.5 Å². The number of carbonyl (C=O) groups is 1. The summed E-state index contributed by atoms with van der Waals surface area (Å²) >= 11 is 1.38. The van der Waals surface area contributed by atoms with E-state index in [2.05, 4.69) is 59.9 Å². The van der Waals surface area contributed by atoms with Gasteiger partial charge in [-0.15, -0.1) is 0 Å². The highest BCUT2D eigenvalue weighted by Gasteiger charge is 2.25. The number of aromatic nitrogens is 1. The van der Waals surface area contributed by atoms with Gasteiger partial charge in [0.15, 0.2) is 5.17 Å². The van der Waals surface area contributed by atoms with Gasteiger partial charge in [0.05, 0.1) is 10.6 Å². The number of amidine groups is 1. The standard InChI is InChI=1S/C24H23N3OS/c1-15-9-8-12-21(17(15)3)25-24-26-23(28)22(29-24)14-19-13-16(2)27(18(19)4)20-10-6-5-7-11-20/h5-14H,1-4H3,(H,25,26,28)/b22-14-. The van der Waals surface area contributed by atoms with Crippen molar-refractivity contribution in [3.63, 3.8) is 0 Å². The van der Waals surface area contributed by atoms with Gasteiger partial charge in [-0.3, -0.25) is 4.79 Å². The van der Waals surface area contributed by atoms with Crippen LogP contribution in [0.4, 0.5) is 5.69 Å². The van der Waals surface area contributed by atoms with E-state index in [4.69, 9.17) is 0 Å². The molecule has 0 bridgehead atoms. The van der Waals surface area contributed by atoms with E-state index < -0.39 is 0 Å². The van der Waals surface area contributed by atoms with Crippen molar-refractivity contribution in [2.75, 3.05) is 0 Å². The van der Waals surface area contributed by atoms with Crippen molar-refractivity contribution in [3.05, 3.63) is 87.6 Å². The van der Waals surface area contributed by atoms with Crippen molar-refractivity contribution < 1.29 is 4.79 Å². The van der Waals surface area contributed by atoms with Crippen molar-refractivity contribution >= 4 is 34.6 Å². The predicted molar refractivity (Wildman–Crippen MR) is 122 cm³/mol. The van der Waals surface area contributed by atoms with Gasteiger partial charge < -0.3 is 9.88 Å². The Bertz CT molecular complexity index is 1160. The van der Waals surface area contributed by atoms with Crippen LogP contribution in [0.5, 0.6) is 0 Å². The minimum absolute atomic E-state index is 0.108. The first-order valence-electron chi connectivity index (χ1n) is 9.54. The number of thioether (sulfide) groups is 1. The molecular formula is C24H23N3OS. The Kier molecular flexibility index (Phi) is 5.16. The Morgan fingerprint density at radius 2 is 1.76 bits per heavy atom. The van der Waals surface area contributed by atoms with Crippen LogP contribution in [-0.2, 0) is 4.79 Å². The van der Waals surface area contributed by atoms with E-state index in [0.29, 0.717) is 10.1 Å². The van der Waals surface area contributed by atoms with Crippen LogP contribution in [0.2, 0.25) is 0 Å². The third-order valence-electron chi connectivity index (χ3n) is 5.22. The maximum absolute atomic E-state index is 12.5. The topological polar surface area (TPSA) is 46.4 Å². The Morgan fingerprint density at radius 3 is 2.52 bits per heavy atom. The van der Waals surface area contributed by atoms with E-state index in [1.807, 2.05) is 43.3 Å². The number of para-hydroxylation sites is 1. The molecule has 0 spiro atoms. The molecule has 0 unspecified atom stereocenters. The molecule has 0 saturated carbocycles. The lowest BCUT2D eigenvalue weighted by atomic mass is 10.1. The van der Waals surface area contributed by atoms with Gasteiger partial charge in [0, 0.05) is 17.1 Å². The minimum Gasteiger partial charge on any atom is -0.318 e.